The average molecular weight is 462 g/mol. The van der Waals surface area contributed by atoms with Gasteiger partial charge in [0.2, 0.25) is 0 Å². The van der Waals surface area contributed by atoms with Gasteiger partial charge in [0.05, 0.1) is 18.8 Å². The largest absolute Gasteiger partial charge is 0.465 e. The minimum Gasteiger partial charge on any atom is -0.465 e. The molecule has 2 fully saturated rings. The Labute approximate surface area is 199 Å². The van der Waals surface area contributed by atoms with Crippen LogP contribution < -0.4 is 0 Å². The number of benzene rings is 1. The molecular formula is C27H43NO5. The van der Waals surface area contributed by atoms with Crippen molar-refractivity contribution in [2.75, 3.05) is 19.8 Å². The van der Waals surface area contributed by atoms with Gasteiger partial charge in [-0.1, -0.05) is 58.0 Å². The normalized spacial score (nSPS) is 38.2. The molecule has 6 nitrogen and oxygen atoms in total. The number of nitrogens with zero attached hydrogens (tertiary/aromatic N) is 1. The molecule has 4 atom stereocenters. The van der Waals surface area contributed by atoms with Crippen molar-refractivity contribution < 1.29 is 23.8 Å². The van der Waals surface area contributed by atoms with Crippen molar-refractivity contribution in [3.8, 4) is 0 Å². The summed E-state index contributed by atoms with van der Waals surface area (Å²) < 4.78 is 18.5. The Morgan fingerprint density at radius 1 is 1.12 bits per heavy atom. The van der Waals surface area contributed by atoms with E-state index in [-0.39, 0.29) is 34.5 Å². The highest BCUT2D eigenvalue weighted by Gasteiger charge is 2.63. The molecule has 2 aliphatic heterocycles. The highest BCUT2D eigenvalue weighted by atomic mass is 16.7. The lowest BCUT2D eigenvalue weighted by Gasteiger charge is -2.64. The molecule has 0 radical (unpaired) electrons. The van der Waals surface area contributed by atoms with E-state index in [1.807, 2.05) is 13.0 Å². The van der Waals surface area contributed by atoms with Crippen molar-refractivity contribution in [1.29, 1.82) is 0 Å². The second-order valence-corrected chi connectivity index (χ2v) is 10.9. The van der Waals surface area contributed by atoms with Crippen LogP contribution in [0.15, 0.2) is 30.3 Å². The van der Waals surface area contributed by atoms with Gasteiger partial charge in [-0.2, -0.15) is 5.06 Å². The van der Waals surface area contributed by atoms with E-state index in [2.05, 4.69) is 70.9 Å². The first-order valence-corrected chi connectivity index (χ1v) is 12.4. The lowest BCUT2D eigenvalue weighted by Crippen LogP contribution is -2.74. The first kappa shape index (κ1) is 26.1. The van der Waals surface area contributed by atoms with Crippen LogP contribution in [0, 0.1) is 11.3 Å². The Kier molecular flexibility index (Phi) is 7.64. The zero-order valence-electron chi connectivity index (χ0n) is 21.8. The Bertz CT molecular complexity index is 806. The summed E-state index contributed by atoms with van der Waals surface area (Å²) in [6, 6.07) is 10.4. The predicted molar refractivity (Wildman–Crippen MR) is 128 cm³/mol. The number of piperidine rings is 1. The van der Waals surface area contributed by atoms with Crippen LogP contribution in [0.3, 0.4) is 0 Å². The van der Waals surface area contributed by atoms with Crippen LogP contribution in [-0.2, 0) is 23.8 Å². The molecule has 33 heavy (non-hydrogen) atoms. The molecule has 0 amide bonds. The summed E-state index contributed by atoms with van der Waals surface area (Å²) in [7, 11) is 0. The quantitative estimate of drug-likeness (QED) is 0.488. The molecule has 0 bridgehead atoms. The van der Waals surface area contributed by atoms with Gasteiger partial charge >= 0.3 is 5.97 Å². The Hall–Kier alpha value is -1.47. The van der Waals surface area contributed by atoms with Crippen molar-refractivity contribution in [3.63, 3.8) is 0 Å². The van der Waals surface area contributed by atoms with Gasteiger partial charge in [-0.3, -0.25) is 9.63 Å². The van der Waals surface area contributed by atoms with E-state index >= 15 is 0 Å². The summed E-state index contributed by atoms with van der Waals surface area (Å²) in [5.74, 6) is -0.919. The predicted octanol–water partition coefficient (Wildman–Crippen LogP) is 5.67. The fraction of sp³-hybridized carbons (Fsp3) is 0.741. The fourth-order valence-corrected chi connectivity index (χ4v) is 5.32. The number of esters is 1. The second-order valence-electron chi connectivity index (χ2n) is 10.9. The number of hydrogen-bond acceptors (Lipinski definition) is 6. The number of carbonyl (C=O) groups excluding carboxylic acids is 1. The summed E-state index contributed by atoms with van der Waals surface area (Å²) in [6.07, 6.45) is 2.43. The molecule has 186 valence electrons. The van der Waals surface area contributed by atoms with E-state index in [0.717, 1.165) is 18.4 Å². The molecule has 6 heteroatoms. The summed E-state index contributed by atoms with van der Waals surface area (Å²) in [4.78, 5) is 18.1. The van der Waals surface area contributed by atoms with E-state index < -0.39 is 5.79 Å². The van der Waals surface area contributed by atoms with Gasteiger partial charge in [0.25, 0.3) is 0 Å². The topological polar surface area (TPSA) is 57.2 Å². The molecule has 4 unspecified atom stereocenters. The van der Waals surface area contributed by atoms with Crippen LogP contribution in [0.25, 0.3) is 0 Å². The van der Waals surface area contributed by atoms with Crippen LogP contribution in [-0.4, -0.2) is 47.7 Å². The zero-order chi connectivity index (χ0) is 24.5. The molecule has 2 heterocycles. The van der Waals surface area contributed by atoms with Gasteiger partial charge in [-0.15, -0.1) is 0 Å². The van der Waals surface area contributed by atoms with Crippen LogP contribution in [0.4, 0.5) is 0 Å². The Morgan fingerprint density at radius 2 is 1.73 bits per heavy atom. The third-order valence-corrected chi connectivity index (χ3v) is 8.14. The van der Waals surface area contributed by atoms with Gasteiger partial charge < -0.3 is 14.2 Å². The summed E-state index contributed by atoms with van der Waals surface area (Å²) in [6.45, 7) is 18.0. The smallest absolute Gasteiger partial charge is 0.302 e. The first-order chi connectivity index (χ1) is 15.4. The van der Waals surface area contributed by atoms with E-state index in [9.17, 15) is 4.79 Å². The molecule has 0 saturated carbocycles. The maximum Gasteiger partial charge on any atom is 0.302 e. The molecule has 1 aromatic carbocycles. The number of ether oxygens (including phenoxy) is 3. The zero-order valence-corrected chi connectivity index (χ0v) is 21.8. The molecule has 3 rings (SSSR count). The third-order valence-electron chi connectivity index (χ3n) is 8.14. The van der Waals surface area contributed by atoms with E-state index in [0.29, 0.717) is 26.2 Å². The average Bonchev–Trinajstić information content (AvgIpc) is 2.82. The Balaban J connectivity index is 1.87. The lowest BCUT2D eigenvalue weighted by atomic mass is 9.67. The SMILES string of the molecule is CCC1(C)CC2(OCC(C)(COC(C)=O)CO2)C(C)C(C)(CC)N1OC(C)c1ccccc1. The monoisotopic (exact) mass is 461 g/mol. The highest BCUT2D eigenvalue weighted by Crippen LogP contribution is 2.54. The van der Waals surface area contributed by atoms with Crippen LogP contribution in [0.1, 0.15) is 86.3 Å². The molecule has 1 aromatic rings. The number of carbonyl (C=O) groups is 1. The highest BCUT2D eigenvalue weighted by molar-refractivity contribution is 5.65. The van der Waals surface area contributed by atoms with Crippen LogP contribution in [0.5, 0.6) is 0 Å². The van der Waals surface area contributed by atoms with Crippen LogP contribution >= 0.6 is 0 Å². The standard InChI is InChI=1S/C27H43NO5/c1-9-25(7)16-27(31-18-24(6,19-32-27)17-30-22(5)29)21(4)26(8,10-2)28(25)33-20(3)23-14-12-11-13-15-23/h11-15,20-21H,9-10,16-19H2,1-8H3. The van der Waals surface area contributed by atoms with Crippen molar-refractivity contribution in [3.05, 3.63) is 35.9 Å². The van der Waals surface area contributed by atoms with Crippen molar-refractivity contribution >= 4 is 5.97 Å². The maximum absolute atomic E-state index is 11.3. The second kappa shape index (κ2) is 9.65. The minimum atomic E-state index is -0.707. The van der Waals surface area contributed by atoms with Gasteiger partial charge in [0.1, 0.15) is 12.7 Å². The maximum atomic E-state index is 11.3. The van der Waals surface area contributed by atoms with Gasteiger partial charge in [0.15, 0.2) is 5.79 Å². The Morgan fingerprint density at radius 3 is 2.24 bits per heavy atom. The number of rotatable bonds is 7. The first-order valence-electron chi connectivity index (χ1n) is 12.4. The minimum absolute atomic E-state index is 0.0654. The van der Waals surface area contributed by atoms with E-state index in [1.54, 1.807) is 0 Å². The molecule has 0 aliphatic carbocycles. The fourth-order valence-electron chi connectivity index (χ4n) is 5.32. The van der Waals surface area contributed by atoms with Gasteiger partial charge in [-0.05, 0) is 39.2 Å². The van der Waals surface area contributed by atoms with Crippen molar-refractivity contribution in [1.82, 2.24) is 5.06 Å². The molecule has 0 N–H and O–H groups in total. The van der Waals surface area contributed by atoms with Crippen LogP contribution in [0.2, 0.25) is 0 Å². The molecule has 2 aliphatic rings. The van der Waals surface area contributed by atoms with Gasteiger partial charge in [-0.25, -0.2) is 0 Å². The van der Waals surface area contributed by atoms with Crippen molar-refractivity contribution in [2.45, 2.75) is 97.6 Å². The third kappa shape index (κ3) is 5.00. The summed E-state index contributed by atoms with van der Waals surface area (Å²) in [5.41, 5.74) is 0.241. The summed E-state index contributed by atoms with van der Waals surface area (Å²) in [5, 5.41) is 2.26. The van der Waals surface area contributed by atoms with E-state index in [1.165, 1.54) is 6.92 Å². The molecule has 0 aromatic heterocycles. The molecule has 1 spiro atoms. The van der Waals surface area contributed by atoms with Gasteiger partial charge in [0, 0.05) is 30.2 Å². The van der Waals surface area contributed by atoms with E-state index in [4.69, 9.17) is 19.0 Å². The number of hydroxylamine groups is 2. The number of hydrogen-bond donors (Lipinski definition) is 0. The summed E-state index contributed by atoms with van der Waals surface area (Å²) >= 11 is 0. The molecule has 2 saturated heterocycles. The molecular weight excluding hydrogens is 418 g/mol. The van der Waals surface area contributed by atoms with Crippen molar-refractivity contribution in [2.24, 2.45) is 11.3 Å². The lowest BCUT2D eigenvalue weighted by molar-refractivity contribution is -0.416.